The van der Waals surface area contributed by atoms with Crippen LogP contribution < -0.4 is 29.7 Å². The highest BCUT2D eigenvalue weighted by molar-refractivity contribution is 5.96. The Labute approximate surface area is 260 Å². The quantitative estimate of drug-likeness (QED) is 0.216. The van der Waals surface area contributed by atoms with Crippen LogP contribution in [0.25, 0.3) is 0 Å². The summed E-state index contributed by atoms with van der Waals surface area (Å²) < 4.78 is 29.2. The number of nitrogens with one attached hydrogen (secondary N) is 2. The Balaban J connectivity index is 1.19. The molecule has 0 aliphatic carbocycles. The fraction of sp³-hybridized carbons (Fsp3) is 0.457. The lowest BCUT2D eigenvalue weighted by Gasteiger charge is -2.40. The molecular formula is C35H45N3O6. The van der Waals surface area contributed by atoms with Crippen molar-refractivity contribution in [2.24, 2.45) is 0 Å². The third-order valence-corrected chi connectivity index (χ3v) is 8.07. The number of amides is 1. The molecule has 0 radical (unpaired) electrons. The summed E-state index contributed by atoms with van der Waals surface area (Å²) in [6.45, 7) is 4.15. The first-order valence-corrected chi connectivity index (χ1v) is 15.6. The number of fused-ring (bicyclic) bond motifs is 1. The average Bonchev–Trinajstić information content (AvgIpc) is 3.06. The van der Waals surface area contributed by atoms with Crippen LogP contribution in [0, 0.1) is 0 Å². The molecule has 2 N–H and O–H groups in total. The van der Waals surface area contributed by atoms with Gasteiger partial charge in [-0.1, -0.05) is 24.3 Å². The van der Waals surface area contributed by atoms with Gasteiger partial charge in [0.05, 0.1) is 39.5 Å². The number of carbonyl (C=O) groups is 1. The first-order valence-electron chi connectivity index (χ1n) is 15.6. The Morgan fingerprint density at radius 1 is 0.955 bits per heavy atom. The number of anilines is 2. The van der Waals surface area contributed by atoms with E-state index >= 15 is 0 Å². The SMILES string of the molecule is COCCCC(Oc1ccc2c(c1)NCCC2)[C@H]1CNCC(=O)N1c1ccc(OCCCOCc2ccccc2OC)cc1. The second kappa shape index (κ2) is 16.3. The van der Waals surface area contributed by atoms with Crippen LogP contribution in [-0.4, -0.2) is 71.7 Å². The molecule has 2 heterocycles. The molecule has 0 spiro atoms. The summed E-state index contributed by atoms with van der Waals surface area (Å²) in [5, 5.41) is 6.80. The lowest BCUT2D eigenvalue weighted by molar-refractivity contribution is -0.120. The van der Waals surface area contributed by atoms with Gasteiger partial charge >= 0.3 is 0 Å². The standard InChI is InChI=1S/C35H45N3O6/c1-40-19-6-11-34(44-30-15-12-26-9-5-18-37-31(26)22-30)32-23-36-24-35(39)38(32)28-13-16-29(17-14-28)43-21-7-20-42-25-27-8-3-4-10-33(27)41-2/h3-4,8,10,12-17,22,32,34,36-37H,5-7,9,11,18-21,23-25H2,1-2H3/t32-,34?/m1/s1. The monoisotopic (exact) mass is 603 g/mol. The molecular weight excluding hydrogens is 558 g/mol. The van der Waals surface area contributed by atoms with Gasteiger partial charge in [0.15, 0.2) is 0 Å². The van der Waals surface area contributed by atoms with Crippen molar-refractivity contribution in [2.75, 3.05) is 63.9 Å². The molecule has 2 aliphatic heterocycles. The third-order valence-electron chi connectivity index (χ3n) is 8.07. The van der Waals surface area contributed by atoms with Crippen molar-refractivity contribution in [3.05, 3.63) is 77.9 Å². The minimum atomic E-state index is -0.213. The highest BCUT2D eigenvalue weighted by Crippen LogP contribution is 2.31. The number of hydrogen-bond donors (Lipinski definition) is 2. The number of ether oxygens (including phenoxy) is 5. The van der Waals surface area contributed by atoms with Crippen LogP contribution in [0.5, 0.6) is 17.2 Å². The Morgan fingerprint density at radius 2 is 1.80 bits per heavy atom. The molecule has 0 bridgehead atoms. The van der Waals surface area contributed by atoms with E-state index in [4.69, 9.17) is 23.7 Å². The van der Waals surface area contributed by atoms with Gasteiger partial charge in [0.1, 0.15) is 23.4 Å². The molecule has 9 nitrogen and oxygen atoms in total. The maximum absolute atomic E-state index is 13.3. The summed E-state index contributed by atoms with van der Waals surface area (Å²) in [5.41, 5.74) is 4.32. The molecule has 9 heteroatoms. The number of piperazine rings is 1. The number of rotatable bonds is 16. The van der Waals surface area contributed by atoms with Crippen LogP contribution in [0.4, 0.5) is 11.4 Å². The van der Waals surface area contributed by atoms with E-state index in [0.29, 0.717) is 33.0 Å². The predicted molar refractivity (Wildman–Crippen MR) is 172 cm³/mol. The molecule has 2 atom stereocenters. The van der Waals surface area contributed by atoms with Crippen LogP contribution in [-0.2, 0) is 27.3 Å². The zero-order chi connectivity index (χ0) is 30.6. The highest BCUT2D eigenvalue weighted by Gasteiger charge is 2.36. The summed E-state index contributed by atoms with van der Waals surface area (Å²) in [4.78, 5) is 15.2. The van der Waals surface area contributed by atoms with Crippen LogP contribution >= 0.6 is 0 Å². The zero-order valence-electron chi connectivity index (χ0n) is 25.9. The third kappa shape index (κ3) is 8.43. The molecule has 1 unspecified atom stereocenters. The zero-order valence-corrected chi connectivity index (χ0v) is 25.9. The summed E-state index contributed by atoms with van der Waals surface area (Å²) in [6, 6.07) is 21.7. The topological polar surface area (TPSA) is 90.5 Å². The molecule has 0 saturated carbocycles. The van der Waals surface area contributed by atoms with E-state index in [1.807, 2.05) is 59.5 Å². The van der Waals surface area contributed by atoms with Gasteiger partial charge in [-0.25, -0.2) is 0 Å². The number of carbonyl (C=O) groups excluding carboxylic acids is 1. The number of nitrogens with zero attached hydrogens (tertiary/aromatic N) is 1. The molecule has 2 aliphatic rings. The van der Waals surface area contributed by atoms with E-state index in [1.165, 1.54) is 5.56 Å². The minimum Gasteiger partial charge on any atom is -0.496 e. The van der Waals surface area contributed by atoms with Crippen LogP contribution in [0.3, 0.4) is 0 Å². The van der Waals surface area contributed by atoms with Crippen molar-refractivity contribution in [1.82, 2.24) is 5.32 Å². The minimum absolute atomic E-state index is 0.0227. The molecule has 236 valence electrons. The molecule has 5 rings (SSSR count). The summed E-state index contributed by atoms with van der Waals surface area (Å²) in [7, 11) is 3.38. The molecule has 3 aromatic rings. The van der Waals surface area contributed by atoms with Crippen molar-refractivity contribution in [3.63, 3.8) is 0 Å². The van der Waals surface area contributed by atoms with Gasteiger partial charge in [0, 0.05) is 56.2 Å². The first kappa shape index (κ1) is 31.6. The smallest absolute Gasteiger partial charge is 0.241 e. The van der Waals surface area contributed by atoms with Gasteiger partial charge in [-0.2, -0.15) is 0 Å². The molecule has 1 saturated heterocycles. The Kier molecular flexibility index (Phi) is 11.7. The number of aryl methyl sites for hydroxylation is 1. The Bertz CT molecular complexity index is 1330. The maximum atomic E-state index is 13.3. The van der Waals surface area contributed by atoms with Crippen molar-refractivity contribution < 1.29 is 28.5 Å². The normalized spacial score (nSPS) is 17.0. The molecule has 1 fully saturated rings. The van der Waals surface area contributed by atoms with Gasteiger partial charge in [-0.3, -0.25) is 4.79 Å². The van der Waals surface area contributed by atoms with E-state index in [-0.39, 0.29) is 24.6 Å². The second-order valence-electron chi connectivity index (χ2n) is 11.2. The summed E-state index contributed by atoms with van der Waals surface area (Å²) in [5.74, 6) is 2.42. The molecule has 3 aromatic carbocycles. The van der Waals surface area contributed by atoms with Gasteiger partial charge < -0.3 is 39.2 Å². The first-order chi connectivity index (χ1) is 21.7. The largest absolute Gasteiger partial charge is 0.496 e. The van der Waals surface area contributed by atoms with Crippen LogP contribution in [0.15, 0.2) is 66.7 Å². The van der Waals surface area contributed by atoms with Crippen molar-refractivity contribution >= 4 is 17.3 Å². The molecule has 0 aromatic heterocycles. The van der Waals surface area contributed by atoms with E-state index in [2.05, 4.69) is 22.8 Å². The highest BCUT2D eigenvalue weighted by atomic mass is 16.5. The van der Waals surface area contributed by atoms with E-state index in [1.54, 1.807) is 14.2 Å². The second-order valence-corrected chi connectivity index (χ2v) is 11.2. The van der Waals surface area contributed by atoms with Crippen molar-refractivity contribution in [2.45, 2.75) is 50.9 Å². The van der Waals surface area contributed by atoms with E-state index in [0.717, 1.165) is 72.8 Å². The number of para-hydroxylation sites is 1. The van der Waals surface area contributed by atoms with E-state index < -0.39 is 0 Å². The average molecular weight is 604 g/mol. The number of benzene rings is 3. The number of hydrogen-bond acceptors (Lipinski definition) is 8. The van der Waals surface area contributed by atoms with Crippen LogP contribution in [0.2, 0.25) is 0 Å². The lowest BCUT2D eigenvalue weighted by atomic mass is 10.00. The van der Waals surface area contributed by atoms with E-state index in [9.17, 15) is 4.79 Å². The summed E-state index contributed by atoms with van der Waals surface area (Å²) in [6.07, 6.45) is 4.35. The van der Waals surface area contributed by atoms with Crippen LogP contribution in [0.1, 0.15) is 36.8 Å². The fourth-order valence-corrected chi connectivity index (χ4v) is 5.83. The van der Waals surface area contributed by atoms with Gasteiger partial charge in [-0.05, 0) is 67.6 Å². The van der Waals surface area contributed by atoms with Gasteiger partial charge in [-0.15, -0.1) is 0 Å². The van der Waals surface area contributed by atoms with Crippen molar-refractivity contribution in [1.29, 1.82) is 0 Å². The maximum Gasteiger partial charge on any atom is 0.241 e. The van der Waals surface area contributed by atoms with Gasteiger partial charge in [0.2, 0.25) is 5.91 Å². The lowest BCUT2D eigenvalue weighted by Crippen LogP contribution is -2.60. The summed E-state index contributed by atoms with van der Waals surface area (Å²) >= 11 is 0. The number of methoxy groups -OCH3 is 2. The Hall–Kier alpha value is -3.79. The van der Waals surface area contributed by atoms with Crippen molar-refractivity contribution in [3.8, 4) is 17.2 Å². The predicted octanol–water partition coefficient (Wildman–Crippen LogP) is 5.22. The molecule has 44 heavy (non-hydrogen) atoms. The van der Waals surface area contributed by atoms with Gasteiger partial charge in [0.25, 0.3) is 0 Å². The fourth-order valence-electron chi connectivity index (χ4n) is 5.83. The molecule has 1 amide bonds. The Morgan fingerprint density at radius 3 is 2.64 bits per heavy atom.